The quantitative estimate of drug-likeness (QED) is 0.338. The molecular formula is C25H27F2NO4. The van der Waals surface area contributed by atoms with Crippen LogP contribution in [0.1, 0.15) is 28.4 Å². The van der Waals surface area contributed by atoms with E-state index in [2.05, 4.69) is 5.32 Å². The van der Waals surface area contributed by atoms with E-state index in [9.17, 15) is 24.1 Å². The zero-order valence-corrected chi connectivity index (χ0v) is 17.5. The number of hydrogen-bond acceptors (Lipinski definition) is 5. The molecule has 7 heteroatoms. The highest BCUT2D eigenvalue weighted by molar-refractivity contribution is 5.36. The minimum Gasteiger partial charge on any atom is -0.508 e. The summed E-state index contributed by atoms with van der Waals surface area (Å²) in [6.45, 7) is -0.205. The van der Waals surface area contributed by atoms with Gasteiger partial charge in [0.1, 0.15) is 11.5 Å². The van der Waals surface area contributed by atoms with Crippen LogP contribution >= 0.6 is 0 Å². The van der Waals surface area contributed by atoms with Crippen LogP contribution < -0.4 is 10.1 Å². The van der Waals surface area contributed by atoms with Crippen molar-refractivity contribution in [2.75, 3.05) is 19.7 Å². The Labute approximate surface area is 185 Å². The number of nitrogens with one attached hydrogen (secondary N) is 1. The van der Waals surface area contributed by atoms with E-state index in [1.807, 2.05) is 6.07 Å². The molecule has 32 heavy (non-hydrogen) atoms. The van der Waals surface area contributed by atoms with Crippen LogP contribution in [0.15, 0.2) is 72.8 Å². The van der Waals surface area contributed by atoms with Crippen LogP contribution in [0, 0.1) is 0 Å². The van der Waals surface area contributed by atoms with Crippen LogP contribution in [-0.4, -0.2) is 35.0 Å². The van der Waals surface area contributed by atoms with Crippen molar-refractivity contribution in [2.24, 2.45) is 0 Å². The number of ether oxygens (including phenoxy) is 1. The van der Waals surface area contributed by atoms with Crippen LogP contribution in [0.5, 0.6) is 11.5 Å². The third-order valence-electron chi connectivity index (χ3n) is 5.10. The molecule has 170 valence electrons. The minimum absolute atomic E-state index is 0.0139. The van der Waals surface area contributed by atoms with Crippen LogP contribution in [0.4, 0.5) is 8.78 Å². The molecule has 0 bridgehead atoms. The number of halogens is 2. The normalized spacial score (nSPS) is 12.5. The van der Waals surface area contributed by atoms with Gasteiger partial charge < -0.3 is 25.4 Å². The Morgan fingerprint density at radius 2 is 1.75 bits per heavy atom. The summed E-state index contributed by atoms with van der Waals surface area (Å²) >= 11 is 0. The van der Waals surface area contributed by atoms with Crippen molar-refractivity contribution in [3.63, 3.8) is 0 Å². The van der Waals surface area contributed by atoms with E-state index in [0.29, 0.717) is 29.8 Å². The molecule has 0 saturated carbocycles. The number of aromatic hydroxyl groups is 1. The second-order valence-corrected chi connectivity index (χ2v) is 7.52. The Morgan fingerprint density at radius 3 is 2.50 bits per heavy atom. The standard InChI is InChI=1S/C25H27F2NO4/c26-25(27,21-6-2-1-3-7-21)17-32-22-8-4-5-18(13-22)11-12-28-15-24(31)19-9-10-23(30)20(14-19)16-29/h1-10,13-14,24,28-31H,11-12,15-17H2. The predicted molar refractivity (Wildman–Crippen MR) is 118 cm³/mol. The van der Waals surface area contributed by atoms with Gasteiger partial charge in [-0.05, 0) is 48.4 Å². The number of phenols is 1. The summed E-state index contributed by atoms with van der Waals surface area (Å²) in [6.07, 6.45) is -0.174. The summed E-state index contributed by atoms with van der Waals surface area (Å²) in [5.41, 5.74) is 1.78. The topological polar surface area (TPSA) is 82.0 Å². The van der Waals surface area contributed by atoms with E-state index in [0.717, 1.165) is 5.56 Å². The largest absolute Gasteiger partial charge is 0.508 e. The van der Waals surface area contributed by atoms with Gasteiger partial charge in [0.2, 0.25) is 0 Å². The maximum Gasteiger partial charge on any atom is 0.306 e. The van der Waals surface area contributed by atoms with Crippen LogP contribution in [0.3, 0.4) is 0 Å². The lowest BCUT2D eigenvalue weighted by Crippen LogP contribution is -2.24. The molecule has 0 aromatic heterocycles. The molecule has 0 aliphatic rings. The molecule has 0 heterocycles. The number of benzene rings is 3. The second kappa shape index (κ2) is 11.0. The fraction of sp³-hybridized carbons (Fsp3) is 0.280. The van der Waals surface area contributed by atoms with Crippen molar-refractivity contribution in [3.05, 3.63) is 95.1 Å². The Morgan fingerprint density at radius 1 is 0.969 bits per heavy atom. The molecule has 0 radical (unpaired) electrons. The first kappa shape index (κ1) is 23.7. The molecule has 3 rings (SSSR count). The highest BCUT2D eigenvalue weighted by atomic mass is 19.3. The van der Waals surface area contributed by atoms with Crippen molar-refractivity contribution in [3.8, 4) is 11.5 Å². The molecule has 3 aromatic rings. The van der Waals surface area contributed by atoms with Crippen molar-refractivity contribution < 1.29 is 28.8 Å². The van der Waals surface area contributed by atoms with Crippen molar-refractivity contribution in [2.45, 2.75) is 25.1 Å². The summed E-state index contributed by atoms with van der Waals surface area (Å²) in [4.78, 5) is 0. The molecule has 3 aromatic carbocycles. The molecule has 1 atom stereocenters. The Balaban J connectivity index is 1.47. The third-order valence-corrected chi connectivity index (χ3v) is 5.10. The van der Waals surface area contributed by atoms with Gasteiger partial charge in [0.25, 0.3) is 0 Å². The predicted octanol–water partition coefficient (Wildman–Crippen LogP) is 3.92. The van der Waals surface area contributed by atoms with Gasteiger partial charge in [-0.25, -0.2) is 0 Å². The van der Waals surface area contributed by atoms with Crippen LogP contribution in [0.25, 0.3) is 0 Å². The van der Waals surface area contributed by atoms with Gasteiger partial charge in [-0.2, -0.15) is 8.78 Å². The lowest BCUT2D eigenvalue weighted by Gasteiger charge is -2.18. The number of hydrogen-bond donors (Lipinski definition) is 4. The average Bonchev–Trinajstić information content (AvgIpc) is 2.81. The van der Waals surface area contributed by atoms with E-state index in [4.69, 9.17) is 4.74 Å². The van der Waals surface area contributed by atoms with Gasteiger partial charge in [-0.15, -0.1) is 0 Å². The van der Waals surface area contributed by atoms with Crippen molar-refractivity contribution >= 4 is 0 Å². The first-order valence-corrected chi connectivity index (χ1v) is 10.4. The van der Waals surface area contributed by atoms with Crippen LogP contribution in [0.2, 0.25) is 0 Å². The monoisotopic (exact) mass is 443 g/mol. The molecule has 5 nitrogen and oxygen atoms in total. The Bertz CT molecular complexity index is 998. The molecule has 0 aliphatic heterocycles. The highest BCUT2D eigenvalue weighted by Crippen LogP contribution is 2.29. The maximum atomic E-state index is 14.3. The molecule has 0 amide bonds. The van der Waals surface area contributed by atoms with Crippen molar-refractivity contribution in [1.29, 1.82) is 0 Å². The fourth-order valence-corrected chi connectivity index (χ4v) is 3.26. The Kier molecular flexibility index (Phi) is 8.16. The first-order valence-electron chi connectivity index (χ1n) is 10.4. The molecule has 0 fully saturated rings. The summed E-state index contributed by atoms with van der Waals surface area (Å²) in [5.74, 6) is -2.72. The lowest BCUT2D eigenvalue weighted by atomic mass is 10.1. The van der Waals surface area contributed by atoms with E-state index in [1.54, 1.807) is 48.5 Å². The van der Waals surface area contributed by atoms with Gasteiger partial charge in [0.15, 0.2) is 6.61 Å². The van der Waals surface area contributed by atoms with E-state index < -0.39 is 18.6 Å². The zero-order chi connectivity index (χ0) is 23.0. The van der Waals surface area contributed by atoms with Gasteiger partial charge in [0.05, 0.1) is 12.7 Å². The summed E-state index contributed by atoms with van der Waals surface area (Å²) in [6, 6.07) is 19.2. The van der Waals surface area contributed by atoms with E-state index in [-0.39, 0.29) is 24.5 Å². The molecule has 4 N–H and O–H groups in total. The van der Waals surface area contributed by atoms with E-state index in [1.165, 1.54) is 18.2 Å². The van der Waals surface area contributed by atoms with Gasteiger partial charge >= 0.3 is 5.92 Å². The zero-order valence-electron chi connectivity index (χ0n) is 17.5. The summed E-state index contributed by atoms with van der Waals surface area (Å²) in [5, 5.41) is 32.3. The first-order chi connectivity index (χ1) is 15.4. The lowest BCUT2D eigenvalue weighted by molar-refractivity contribution is -0.0467. The molecule has 0 spiro atoms. The number of aliphatic hydroxyl groups excluding tert-OH is 2. The number of aliphatic hydroxyl groups is 2. The van der Waals surface area contributed by atoms with Gasteiger partial charge in [-0.3, -0.25) is 0 Å². The highest BCUT2D eigenvalue weighted by Gasteiger charge is 2.32. The van der Waals surface area contributed by atoms with Crippen LogP contribution in [-0.2, 0) is 19.0 Å². The molecular weight excluding hydrogens is 416 g/mol. The maximum absolute atomic E-state index is 14.3. The minimum atomic E-state index is -3.08. The summed E-state index contributed by atoms with van der Waals surface area (Å²) < 4.78 is 33.9. The van der Waals surface area contributed by atoms with E-state index >= 15 is 0 Å². The molecule has 0 aliphatic carbocycles. The summed E-state index contributed by atoms with van der Waals surface area (Å²) in [7, 11) is 0. The van der Waals surface area contributed by atoms with Gasteiger partial charge in [-0.1, -0.05) is 48.5 Å². The smallest absolute Gasteiger partial charge is 0.306 e. The molecule has 1 unspecified atom stereocenters. The number of rotatable bonds is 11. The SMILES string of the molecule is OCc1cc(C(O)CNCCc2cccc(OCC(F)(F)c3ccccc3)c2)ccc1O. The van der Waals surface area contributed by atoms with Gasteiger partial charge in [0, 0.05) is 17.7 Å². The Hall–Kier alpha value is -3.00. The number of alkyl halides is 2. The van der Waals surface area contributed by atoms with Crippen molar-refractivity contribution in [1.82, 2.24) is 5.32 Å². The third kappa shape index (κ3) is 6.50. The molecule has 0 saturated heterocycles. The average molecular weight is 443 g/mol. The second-order valence-electron chi connectivity index (χ2n) is 7.52. The fourth-order valence-electron chi connectivity index (χ4n) is 3.26.